The fourth-order valence-corrected chi connectivity index (χ4v) is 6.41. The van der Waals surface area contributed by atoms with E-state index in [0.29, 0.717) is 50.5 Å². The van der Waals surface area contributed by atoms with E-state index in [-0.39, 0.29) is 54.6 Å². The van der Waals surface area contributed by atoms with Crippen LogP contribution in [0.4, 0.5) is 0 Å². The van der Waals surface area contributed by atoms with E-state index < -0.39 is 72.6 Å². The van der Waals surface area contributed by atoms with Crippen molar-refractivity contribution in [3.8, 4) is 17.1 Å². The summed E-state index contributed by atoms with van der Waals surface area (Å²) >= 11 is 0. The highest BCUT2D eigenvalue weighted by Crippen LogP contribution is 2.39. The lowest BCUT2D eigenvalue weighted by Gasteiger charge is -2.31. The molecule has 3 rings (SSSR count). The largest absolute Gasteiger partial charge is 0.542 e. The Hall–Kier alpha value is -5.88. The Bertz CT molecular complexity index is 1840. The zero-order valence-corrected chi connectivity index (χ0v) is 36.6. The third-order valence-corrected chi connectivity index (χ3v) is 10.3. The van der Waals surface area contributed by atoms with Gasteiger partial charge < -0.3 is 44.1 Å². The highest BCUT2D eigenvalue weighted by Gasteiger charge is 2.43. The van der Waals surface area contributed by atoms with Crippen LogP contribution in [0.25, 0.3) is 11.3 Å². The number of nitrogens with zero attached hydrogens (tertiary/aromatic N) is 1. The summed E-state index contributed by atoms with van der Waals surface area (Å²) in [6.45, 7) is 9.08. The second-order valence-corrected chi connectivity index (χ2v) is 15.1. The third-order valence-electron chi connectivity index (χ3n) is 10.3. The lowest BCUT2D eigenvalue weighted by atomic mass is 9.90. The van der Waals surface area contributed by atoms with Gasteiger partial charge in [0.1, 0.15) is 17.6 Å². The van der Waals surface area contributed by atoms with Crippen molar-refractivity contribution in [2.75, 3.05) is 26.5 Å². The predicted octanol–water partition coefficient (Wildman–Crippen LogP) is 3.94. The molecule has 3 N–H and O–H groups in total. The van der Waals surface area contributed by atoms with E-state index in [2.05, 4.69) is 16.0 Å². The van der Waals surface area contributed by atoms with Gasteiger partial charge in [-0.05, 0) is 62.3 Å². The summed E-state index contributed by atoms with van der Waals surface area (Å²) in [4.78, 5) is 108. The number of benzene rings is 1. The summed E-state index contributed by atoms with van der Waals surface area (Å²) in [6, 6.07) is 5.02. The van der Waals surface area contributed by atoms with E-state index in [4.69, 9.17) is 28.1 Å². The van der Waals surface area contributed by atoms with Gasteiger partial charge in [0.25, 0.3) is 11.8 Å². The van der Waals surface area contributed by atoms with Crippen molar-refractivity contribution < 1.29 is 66.5 Å². The molecule has 4 amide bonds. The number of carbonyl (C=O) groups excluding carboxylic acids is 8. The van der Waals surface area contributed by atoms with Crippen LogP contribution in [-0.2, 0) is 47.7 Å². The standard InChI is InChI=1S/C43H61BN4O14/c1-6-10-13-14-29(33(9-4)48(26-49)62-42(55)31-21-27(31)5)39(52)45-25-46-41(54)35-18-17-34(60-35)28-15-16-30(36(22-28)59-24-38(51)58-20-12-8-3)40(53)47-32(43(56)61-44)23-37(50)57-19-11-7-2/h15-18,22,26-27,29,31-33H,6-14,19-21,23-25,44H2,1-5H3,(H,45,52)(H,46,54)(H,47,53)/t27?,29-,31?,32+,33-/m1/s1. The average Bonchev–Trinajstić information content (AvgIpc) is 3.79. The van der Waals surface area contributed by atoms with Gasteiger partial charge in [0.2, 0.25) is 12.3 Å². The monoisotopic (exact) mass is 868 g/mol. The van der Waals surface area contributed by atoms with Crippen molar-refractivity contribution in [2.24, 2.45) is 17.8 Å². The number of amides is 4. The molecule has 1 aliphatic carbocycles. The van der Waals surface area contributed by atoms with Crippen molar-refractivity contribution >= 4 is 56.1 Å². The molecule has 0 saturated heterocycles. The molecule has 1 aliphatic rings. The van der Waals surface area contributed by atoms with Gasteiger partial charge in [0.05, 0.1) is 49.7 Å². The number of hydrogen-bond donors (Lipinski definition) is 3. The highest BCUT2D eigenvalue weighted by atomic mass is 16.7. The number of nitrogens with one attached hydrogen (secondary N) is 3. The van der Waals surface area contributed by atoms with Crippen molar-refractivity contribution in [3.63, 3.8) is 0 Å². The van der Waals surface area contributed by atoms with Crippen LogP contribution in [0.3, 0.4) is 0 Å². The topological polar surface area (TPSA) is 235 Å². The first-order valence-electron chi connectivity index (χ1n) is 21.4. The van der Waals surface area contributed by atoms with Crippen LogP contribution >= 0.6 is 0 Å². The first-order valence-corrected chi connectivity index (χ1v) is 21.4. The number of furan rings is 1. The summed E-state index contributed by atoms with van der Waals surface area (Å²) in [5, 5.41) is 8.72. The summed E-state index contributed by atoms with van der Waals surface area (Å²) in [6.07, 6.45) is 6.65. The SMILES string of the molecule is BOC(=O)[C@H](CC(=O)OCCCC)NC(=O)c1ccc(-c2ccc(C(=O)NCNC(=O)[C@H](CCCCC)[C@@H](CC)N(C=O)OC(=O)C3CC3C)o2)cc1OCC(=O)OCCCC. The van der Waals surface area contributed by atoms with Crippen LogP contribution in [0, 0.1) is 17.8 Å². The molecular weight excluding hydrogens is 807 g/mol. The van der Waals surface area contributed by atoms with Crippen LogP contribution in [0.2, 0.25) is 0 Å². The maximum atomic E-state index is 13.6. The lowest BCUT2D eigenvalue weighted by molar-refractivity contribution is -0.205. The fraction of sp³-hybridized carbons (Fsp3) is 0.581. The number of ether oxygens (including phenoxy) is 3. The molecule has 340 valence electrons. The smallest absolute Gasteiger partial charge is 0.344 e. The normalized spacial score (nSPS) is 15.4. The summed E-state index contributed by atoms with van der Waals surface area (Å²) < 4.78 is 26.7. The van der Waals surface area contributed by atoms with Gasteiger partial charge in [-0.15, -0.1) is 0 Å². The van der Waals surface area contributed by atoms with Crippen LogP contribution in [0.1, 0.15) is 126 Å². The molecule has 2 unspecified atom stereocenters. The Morgan fingerprint density at radius 1 is 0.887 bits per heavy atom. The minimum atomic E-state index is -1.39. The molecule has 1 fully saturated rings. The molecule has 5 atom stereocenters. The van der Waals surface area contributed by atoms with Crippen molar-refractivity contribution in [3.05, 3.63) is 41.7 Å². The zero-order valence-electron chi connectivity index (χ0n) is 36.6. The Balaban J connectivity index is 1.76. The summed E-state index contributed by atoms with van der Waals surface area (Å²) in [5.41, 5.74) is 0.234. The zero-order chi connectivity index (χ0) is 45.6. The van der Waals surface area contributed by atoms with Crippen molar-refractivity contribution in [2.45, 2.75) is 117 Å². The van der Waals surface area contributed by atoms with Gasteiger partial charge in [0.15, 0.2) is 12.4 Å². The molecule has 2 aromatic rings. The number of hydroxylamine groups is 2. The van der Waals surface area contributed by atoms with Gasteiger partial charge in [-0.25, -0.2) is 9.59 Å². The number of carbonyl (C=O) groups is 8. The fourth-order valence-electron chi connectivity index (χ4n) is 6.41. The number of unbranched alkanes of at least 4 members (excludes halogenated alkanes) is 4. The van der Waals surface area contributed by atoms with Crippen molar-refractivity contribution in [1.82, 2.24) is 21.0 Å². The molecule has 19 heteroatoms. The maximum Gasteiger partial charge on any atom is 0.344 e. The van der Waals surface area contributed by atoms with Gasteiger partial charge in [0, 0.05) is 5.56 Å². The molecule has 0 spiro atoms. The Kier molecular flexibility index (Phi) is 21.5. The Labute approximate surface area is 363 Å². The third kappa shape index (κ3) is 15.9. The van der Waals surface area contributed by atoms with Crippen molar-refractivity contribution in [1.29, 1.82) is 0 Å². The van der Waals surface area contributed by atoms with E-state index in [1.54, 1.807) is 6.92 Å². The second kappa shape index (κ2) is 26.5. The van der Waals surface area contributed by atoms with E-state index in [9.17, 15) is 38.4 Å². The van der Waals surface area contributed by atoms with E-state index in [1.807, 2.05) is 27.7 Å². The van der Waals surface area contributed by atoms with E-state index in [0.717, 1.165) is 38.8 Å². The van der Waals surface area contributed by atoms with E-state index >= 15 is 0 Å². The first kappa shape index (κ1) is 50.5. The van der Waals surface area contributed by atoms with Crippen LogP contribution in [0.5, 0.6) is 5.75 Å². The van der Waals surface area contributed by atoms with Gasteiger partial charge in [-0.2, -0.15) is 5.06 Å². The minimum Gasteiger partial charge on any atom is -0.542 e. The molecule has 0 aliphatic heterocycles. The van der Waals surface area contributed by atoms with E-state index in [1.165, 1.54) is 30.3 Å². The molecule has 18 nitrogen and oxygen atoms in total. The van der Waals surface area contributed by atoms with Crippen LogP contribution in [-0.4, -0.2) is 99.7 Å². The number of esters is 2. The molecule has 0 bridgehead atoms. The van der Waals surface area contributed by atoms with Gasteiger partial charge in [-0.3, -0.25) is 28.8 Å². The molecule has 1 aromatic carbocycles. The Morgan fingerprint density at radius 2 is 1.56 bits per heavy atom. The molecule has 1 heterocycles. The first-order chi connectivity index (χ1) is 29.8. The van der Waals surface area contributed by atoms with Gasteiger partial charge >= 0.3 is 31.9 Å². The lowest BCUT2D eigenvalue weighted by Crippen LogP contribution is -2.49. The summed E-state index contributed by atoms with van der Waals surface area (Å²) in [7, 11) is 1.11. The predicted molar refractivity (Wildman–Crippen MR) is 225 cm³/mol. The van der Waals surface area contributed by atoms with Crippen LogP contribution < -0.4 is 20.7 Å². The van der Waals surface area contributed by atoms with Crippen LogP contribution in [0.15, 0.2) is 34.7 Å². The molecule has 0 radical (unpaired) electrons. The molecule has 62 heavy (non-hydrogen) atoms. The highest BCUT2D eigenvalue weighted by molar-refractivity contribution is 6.08. The molecular formula is C43H61BN4O14. The number of hydrogen-bond acceptors (Lipinski definition) is 14. The van der Waals surface area contributed by atoms with Gasteiger partial charge in [-0.1, -0.05) is 72.8 Å². The summed E-state index contributed by atoms with van der Waals surface area (Å²) in [5.74, 6) is -5.60. The maximum absolute atomic E-state index is 13.6. The minimum absolute atomic E-state index is 0.101. The number of rotatable bonds is 29. The molecule has 1 aromatic heterocycles. The second-order valence-electron chi connectivity index (χ2n) is 15.1. The average molecular weight is 869 g/mol. The quantitative estimate of drug-likeness (QED) is 0.0263. The Morgan fingerprint density at radius 3 is 2.18 bits per heavy atom. The molecule has 1 saturated carbocycles.